The Morgan fingerprint density at radius 1 is 0.771 bits per heavy atom. The molecule has 2 heterocycles. The molecule has 3 aromatic rings. The average molecular weight is 472 g/mol. The summed E-state index contributed by atoms with van der Waals surface area (Å²) < 4.78 is 21.8. The maximum Gasteiger partial charge on any atom is 0.344 e. The van der Waals surface area contributed by atoms with Gasteiger partial charge < -0.3 is 24.1 Å². The minimum atomic E-state index is -1.09. The normalized spacial score (nSPS) is 13.7. The van der Waals surface area contributed by atoms with E-state index < -0.39 is 24.5 Å². The average Bonchev–Trinajstić information content (AvgIpc) is 3.34. The van der Waals surface area contributed by atoms with Gasteiger partial charge in [0.05, 0.1) is 17.8 Å². The Balaban J connectivity index is 1.54. The number of carboxylic acids is 1. The van der Waals surface area contributed by atoms with Gasteiger partial charge in [-0.15, -0.1) is 0 Å². The number of hydrogen-bond donors (Lipinski definition) is 1. The number of carbonyl (C=O) groups is 3. The third kappa shape index (κ3) is 4.21. The van der Waals surface area contributed by atoms with Crippen molar-refractivity contribution in [3.05, 3.63) is 82.2 Å². The van der Waals surface area contributed by atoms with E-state index in [0.29, 0.717) is 62.3 Å². The van der Waals surface area contributed by atoms with E-state index in [1.54, 1.807) is 60.7 Å². The van der Waals surface area contributed by atoms with Crippen LogP contribution in [0.15, 0.2) is 60.7 Å². The first-order valence-corrected chi connectivity index (χ1v) is 11.0. The molecule has 0 aromatic heterocycles. The van der Waals surface area contributed by atoms with Crippen LogP contribution in [-0.4, -0.2) is 36.2 Å². The number of aliphatic carboxylic acids is 1. The summed E-state index contributed by atoms with van der Waals surface area (Å²) in [7, 11) is 0. The number of rotatable bonds is 8. The van der Waals surface area contributed by atoms with E-state index in [9.17, 15) is 14.4 Å². The second kappa shape index (κ2) is 8.98. The van der Waals surface area contributed by atoms with Gasteiger partial charge in [-0.2, -0.15) is 0 Å². The predicted octanol–water partition coefficient (Wildman–Crippen LogP) is 2.17. The molecule has 0 saturated carbocycles. The van der Waals surface area contributed by atoms with Gasteiger partial charge in [-0.25, -0.2) is 14.4 Å². The number of esters is 2. The lowest BCUT2D eigenvalue weighted by Gasteiger charge is -2.05. The number of benzene rings is 3. The zero-order chi connectivity index (χ0) is 24.5. The van der Waals surface area contributed by atoms with Crippen molar-refractivity contribution >= 4 is 29.1 Å². The van der Waals surface area contributed by atoms with Gasteiger partial charge in [0, 0.05) is 10.4 Å². The van der Waals surface area contributed by atoms with Crippen LogP contribution in [0.4, 0.5) is 0 Å². The topological polar surface area (TPSA) is 108 Å². The quantitative estimate of drug-likeness (QED) is 0.393. The first-order chi connectivity index (χ1) is 16.9. The standard InChI is InChI=1S/C27H20O8/c1-2-11-32-17-7-3-15(4-8-17)24-19-12-22-20(13-21(19)34-26(24)30)25(27(31)35-22)16-5-9-18(10-6-16)33-14-23(28)29/h3-10,12-13H,2,11,14H2,1H3,(H,28,29). The van der Waals surface area contributed by atoms with Crippen molar-refractivity contribution in [2.24, 2.45) is 0 Å². The molecule has 0 fully saturated rings. The van der Waals surface area contributed by atoms with Crippen LogP contribution in [0.3, 0.4) is 0 Å². The number of carboxylic acid groups (broad SMARTS) is 1. The van der Waals surface area contributed by atoms with Gasteiger partial charge in [-0.05, 0) is 53.9 Å². The van der Waals surface area contributed by atoms with Crippen molar-refractivity contribution in [3.8, 4) is 23.0 Å². The number of fused-ring (bicyclic) bond motifs is 2. The fraction of sp³-hybridized carbons (Fsp3) is 0.148. The monoisotopic (exact) mass is 472 g/mol. The molecular weight excluding hydrogens is 452 g/mol. The van der Waals surface area contributed by atoms with E-state index in [1.165, 1.54) is 0 Å². The third-order valence-electron chi connectivity index (χ3n) is 5.56. The van der Waals surface area contributed by atoms with Crippen molar-refractivity contribution in [1.29, 1.82) is 0 Å². The van der Waals surface area contributed by atoms with Gasteiger partial charge in [-0.3, -0.25) is 0 Å². The van der Waals surface area contributed by atoms with Crippen molar-refractivity contribution < 1.29 is 38.4 Å². The molecule has 0 aliphatic carbocycles. The molecule has 1 N–H and O–H groups in total. The van der Waals surface area contributed by atoms with Crippen molar-refractivity contribution in [3.63, 3.8) is 0 Å². The molecule has 8 heteroatoms. The molecule has 2 aliphatic heterocycles. The fourth-order valence-electron chi connectivity index (χ4n) is 3.99. The molecule has 8 nitrogen and oxygen atoms in total. The van der Waals surface area contributed by atoms with E-state index in [4.69, 9.17) is 24.1 Å². The molecule has 3 aromatic carbocycles. The molecule has 2 aliphatic rings. The highest BCUT2D eigenvalue weighted by Crippen LogP contribution is 2.28. The minimum absolute atomic E-state index is 0.314. The Morgan fingerprint density at radius 3 is 1.66 bits per heavy atom. The Hall–Kier alpha value is -4.59. The summed E-state index contributed by atoms with van der Waals surface area (Å²) in [6, 6.07) is 16.9. The summed E-state index contributed by atoms with van der Waals surface area (Å²) in [5.41, 5.74) is 1.93. The van der Waals surface area contributed by atoms with Gasteiger partial charge in [0.25, 0.3) is 0 Å². The molecule has 176 valence electrons. The molecule has 0 saturated heterocycles. The van der Waals surface area contributed by atoms with Crippen LogP contribution in [0.1, 0.15) is 24.5 Å². The Labute approximate surface area is 199 Å². The number of hydrogen-bond acceptors (Lipinski definition) is 7. The number of ether oxygens (including phenoxy) is 4. The van der Waals surface area contributed by atoms with Crippen LogP contribution >= 0.6 is 0 Å². The molecule has 0 atom stereocenters. The summed E-state index contributed by atoms with van der Waals surface area (Å²) in [6.07, 6.45) is 0.893. The fourth-order valence-corrected chi connectivity index (χ4v) is 3.99. The lowest BCUT2D eigenvalue weighted by Crippen LogP contribution is -2.11. The number of carbonyl (C=O) groups excluding carboxylic acids is 2. The molecule has 5 rings (SSSR count). The minimum Gasteiger partial charge on any atom is -0.494 e. The van der Waals surface area contributed by atoms with Gasteiger partial charge >= 0.3 is 17.9 Å². The van der Waals surface area contributed by atoms with Crippen LogP contribution in [0.25, 0.3) is 11.1 Å². The maximum atomic E-state index is 12.7. The highest BCUT2D eigenvalue weighted by atomic mass is 16.5. The zero-order valence-electron chi connectivity index (χ0n) is 18.7. The summed E-state index contributed by atoms with van der Waals surface area (Å²) in [5.74, 6) is -0.370. The summed E-state index contributed by atoms with van der Waals surface area (Å²) >= 11 is 0. The van der Waals surface area contributed by atoms with Gasteiger partial charge in [-0.1, -0.05) is 31.2 Å². The SMILES string of the molecule is CCCOc1ccc(C2=c3cc4c(cc3OC2=O)=C(c2ccc(OCC(=O)O)cc2)C(=O)O4)cc1. The Morgan fingerprint density at radius 2 is 1.23 bits per heavy atom. The Kier molecular flexibility index (Phi) is 5.70. The third-order valence-corrected chi connectivity index (χ3v) is 5.56. The zero-order valence-corrected chi connectivity index (χ0v) is 18.7. The molecular formula is C27H20O8. The van der Waals surface area contributed by atoms with Crippen LogP contribution in [0.2, 0.25) is 0 Å². The van der Waals surface area contributed by atoms with Crippen molar-refractivity contribution in [2.75, 3.05) is 13.2 Å². The van der Waals surface area contributed by atoms with E-state index in [0.717, 1.165) is 6.42 Å². The summed E-state index contributed by atoms with van der Waals surface area (Å²) in [6.45, 7) is 2.16. The second-order valence-electron chi connectivity index (χ2n) is 7.95. The molecule has 0 amide bonds. The first-order valence-electron chi connectivity index (χ1n) is 11.0. The highest BCUT2D eigenvalue weighted by molar-refractivity contribution is 6.21. The first kappa shape index (κ1) is 22.2. The summed E-state index contributed by atoms with van der Waals surface area (Å²) in [5, 5.41) is 9.79. The Bertz CT molecular complexity index is 1470. The van der Waals surface area contributed by atoms with Gasteiger partial charge in [0.15, 0.2) is 6.61 Å². The summed E-state index contributed by atoms with van der Waals surface area (Å²) in [4.78, 5) is 36.1. The predicted molar refractivity (Wildman–Crippen MR) is 124 cm³/mol. The lowest BCUT2D eigenvalue weighted by molar-refractivity contribution is -0.139. The van der Waals surface area contributed by atoms with Crippen molar-refractivity contribution in [1.82, 2.24) is 0 Å². The van der Waals surface area contributed by atoms with Gasteiger partial charge in [0.1, 0.15) is 23.0 Å². The largest absolute Gasteiger partial charge is 0.494 e. The van der Waals surface area contributed by atoms with Crippen LogP contribution < -0.4 is 29.4 Å². The van der Waals surface area contributed by atoms with Crippen molar-refractivity contribution in [2.45, 2.75) is 13.3 Å². The van der Waals surface area contributed by atoms with E-state index in [2.05, 4.69) is 0 Å². The molecule has 35 heavy (non-hydrogen) atoms. The molecule has 0 radical (unpaired) electrons. The van der Waals surface area contributed by atoms with Gasteiger partial charge in [0.2, 0.25) is 0 Å². The van der Waals surface area contributed by atoms with E-state index in [-0.39, 0.29) is 0 Å². The molecule has 0 unspecified atom stereocenters. The molecule has 0 spiro atoms. The second-order valence-corrected chi connectivity index (χ2v) is 7.95. The van der Waals surface area contributed by atoms with E-state index >= 15 is 0 Å². The highest BCUT2D eigenvalue weighted by Gasteiger charge is 2.30. The van der Waals surface area contributed by atoms with Crippen LogP contribution in [-0.2, 0) is 14.4 Å². The van der Waals surface area contributed by atoms with Crippen LogP contribution in [0, 0.1) is 0 Å². The lowest BCUT2D eigenvalue weighted by atomic mass is 10.0. The van der Waals surface area contributed by atoms with Crippen LogP contribution in [0.5, 0.6) is 23.0 Å². The smallest absolute Gasteiger partial charge is 0.344 e. The van der Waals surface area contributed by atoms with E-state index in [1.807, 2.05) is 6.92 Å². The molecule has 0 bridgehead atoms. The maximum absolute atomic E-state index is 12.7.